The van der Waals surface area contributed by atoms with Gasteiger partial charge in [-0.05, 0) is 31.1 Å². The van der Waals surface area contributed by atoms with Crippen LogP contribution in [0.25, 0.3) is 0 Å². The summed E-state index contributed by atoms with van der Waals surface area (Å²) in [5, 5.41) is 5.64. The number of thioether (sulfide) groups is 1. The molecule has 0 spiro atoms. The summed E-state index contributed by atoms with van der Waals surface area (Å²) in [6.45, 7) is 1.55. The minimum absolute atomic E-state index is 0. The molecule has 1 unspecified atom stereocenters. The highest BCUT2D eigenvalue weighted by Gasteiger charge is 2.29. The summed E-state index contributed by atoms with van der Waals surface area (Å²) in [6, 6.07) is -0.0277. The van der Waals surface area contributed by atoms with Gasteiger partial charge in [-0.2, -0.15) is 13.2 Å². The van der Waals surface area contributed by atoms with Crippen LogP contribution in [0, 0.1) is 0 Å². The number of halogens is 4. The molecule has 0 saturated carbocycles. The van der Waals surface area contributed by atoms with Crippen molar-refractivity contribution in [2.75, 3.05) is 18.8 Å². The molecule has 1 aliphatic heterocycles. The van der Waals surface area contributed by atoms with E-state index in [1.54, 1.807) is 0 Å². The number of hydrogen-bond acceptors (Lipinski definition) is 3. The van der Waals surface area contributed by atoms with Crippen molar-refractivity contribution < 1.29 is 18.0 Å². The Morgan fingerprint density at radius 3 is 2.69 bits per heavy atom. The quantitative estimate of drug-likeness (QED) is 0.823. The highest BCUT2D eigenvalue weighted by molar-refractivity contribution is 8.00. The van der Waals surface area contributed by atoms with Gasteiger partial charge in [-0.25, -0.2) is 0 Å². The Morgan fingerprint density at radius 1 is 1.50 bits per heavy atom. The molecule has 0 aliphatic carbocycles. The van der Waals surface area contributed by atoms with Crippen molar-refractivity contribution in [3.05, 3.63) is 0 Å². The summed E-state index contributed by atoms with van der Waals surface area (Å²) in [6.07, 6.45) is 1.77. The normalized spacial score (nSPS) is 21.1. The Morgan fingerprint density at radius 2 is 2.19 bits per heavy atom. The standard InChI is InChI=1S/C8H13F3N2OS.ClH/c9-8(10,11)15-5-7(14)13-6-2-1-3-12-4-6;/h6,12H,1-5H2,(H,13,14);1H. The second kappa shape index (κ2) is 7.24. The van der Waals surface area contributed by atoms with Crippen molar-refractivity contribution in [3.8, 4) is 0 Å². The number of rotatable bonds is 3. The first-order valence-corrected chi connectivity index (χ1v) is 5.67. The zero-order chi connectivity index (χ0) is 11.3. The molecule has 1 saturated heterocycles. The van der Waals surface area contributed by atoms with E-state index >= 15 is 0 Å². The maximum absolute atomic E-state index is 11.8. The average molecular weight is 279 g/mol. The van der Waals surface area contributed by atoms with Crippen LogP contribution in [0.5, 0.6) is 0 Å². The first-order chi connectivity index (χ1) is 6.97. The van der Waals surface area contributed by atoms with Gasteiger partial charge in [-0.15, -0.1) is 12.4 Å². The second-order valence-corrected chi connectivity index (χ2v) is 4.39. The number of hydrogen-bond donors (Lipinski definition) is 2. The SMILES string of the molecule is Cl.O=C(CSC(F)(F)F)NC1CCCNC1. The molecule has 1 rings (SSSR count). The maximum Gasteiger partial charge on any atom is 0.442 e. The Hall–Kier alpha value is -0.140. The molecular weight excluding hydrogens is 265 g/mol. The number of nitrogens with one attached hydrogen (secondary N) is 2. The minimum atomic E-state index is -4.33. The predicted octanol–water partition coefficient (Wildman–Crippen LogP) is 1.53. The van der Waals surface area contributed by atoms with Gasteiger partial charge in [0.05, 0.1) is 5.75 Å². The van der Waals surface area contributed by atoms with Crippen molar-refractivity contribution in [2.24, 2.45) is 0 Å². The van der Waals surface area contributed by atoms with Crippen LogP contribution in [0.3, 0.4) is 0 Å². The second-order valence-electron chi connectivity index (χ2n) is 3.35. The van der Waals surface area contributed by atoms with Gasteiger partial charge < -0.3 is 10.6 Å². The molecule has 0 aromatic rings. The Balaban J connectivity index is 0.00000225. The van der Waals surface area contributed by atoms with Crippen LogP contribution < -0.4 is 10.6 Å². The minimum Gasteiger partial charge on any atom is -0.351 e. The molecule has 1 fully saturated rings. The lowest BCUT2D eigenvalue weighted by Gasteiger charge is -2.23. The zero-order valence-corrected chi connectivity index (χ0v) is 10.1. The molecule has 1 heterocycles. The molecule has 0 radical (unpaired) electrons. The molecule has 1 aliphatic rings. The third-order valence-electron chi connectivity index (χ3n) is 2.03. The van der Waals surface area contributed by atoms with E-state index in [1.807, 2.05) is 0 Å². The van der Waals surface area contributed by atoms with E-state index in [1.165, 1.54) is 0 Å². The third kappa shape index (κ3) is 7.19. The molecule has 2 N–H and O–H groups in total. The summed E-state index contributed by atoms with van der Waals surface area (Å²) in [5.74, 6) is -1.11. The Bertz CT molecular complexity index is 222. The smallest absolute Gasteiger partial charge is 0.351 e. The topological polar surface area (TPSA) is 41.1 Å². The van der Waals surface area contributed by atoms with Gasteiger partial charge in [0, 0.05) is 12.6 Å². The highest BCUT2D eigenvalue weighted by atomic mass is 35.5. The Kier molecular flexibility index (Phi) is 7.17. The van der Waals surface area contributed by atoms with Crippen LogP contribution in [0.4, 0.5) is 13.2 Å². The van der Waals surface area contributed by atoms with Crippen LogP contribution in [0.15, 0.2) is 0 Å². The fourth-order valence-electron chi connectivity index (χ4n) is 1.39. The summed E-state index contributed by atoms with van der Waals surface area (Å²) in [7, 11) is 0. The van der Waals surface area contributed by atoms with Crippen molar-refractivity contribution in [1.82, 2.24) is 10.6 Å². The molecule has 1 amide bonds. The van der Waals surface area contributed by atoms with Gasteiger partial charge in [-0.1, -0.05) is 0 Å². The van der Waals surface area contributed by atoms with Crippen LogP contribution >= 0.6 is 24.2 Å². The van der Waals surface area contributed by atoms with Gasteiger partial charge in [0.2, 0.25) is 5.91 Å². The van der Waals surface area contributed by atoms with E-state index in [0.717, 1.165) is 19.4 Å². The first-order valence-electron chi connectivity index (χ1n) is 4.68. The van der Waals surface area contributed by atoms with Crippen LogP contribution in [-0.4, -0.2) is 36.3 Å². The van der Waals surface area contributed by atoms with E-state index in [4.69, 9.17) is 0 Å². The largest absolute Gasteiger partial charge is 0.442 e. The van der Waals surface area contributed by atoms with Crippen LogP contribution in [0.1, 0.15) is 12.8 Å². The molecule has 0 aromatic carbocycles. The number of carbonyl (C=O) groups excluding carboxylic acids is 1. The molecular formula is C8H14ClF3N2OS. The highest BCUT2D eigenvalue weighted by Crippen LogP contribution is 2.29. The number of amides is 1. The molecule has 96 valence electrons. The van der Waals surface area contributed by atoms with E-state index in [0.29, 0.717) is 6.54 Å². The summed E-state index contributed by atoms with van der Waals surface area (Å²) in [5.41, 5.74) is -4.33. The third-order valence-corrected chi connectivity index (χ3v) is 2.76. The fourth-order valence-corrected chi connectivity index (χ4v) is 1.77. The molecule has 16 heavy (non-hydrogen) atoms. The summed E-state index contributed by atoms with van der Waals surface area (Å²) < 4.78 is 35.3. The monoisotopic (exact) mass is 278 g/mol. The number of piperidine rings is 1. The van der Waals surface area contributed by atoms with Crippen molar-refractivity contribution in [1.29, 1.82) is 0 Å². The Labute approximate surface area is 102 Å². The molecule has 8 heteroatoms. The molecule has 1 atom stereocenters. The van der Waals surface area contributed by atoms with E-state index in [9.17, 15) is 18.0 Å². The van der Waals surface area contributed by atoms with Gasteiger partial charge in [-0.3, -0.25) is 4.79 Å². The number of carbonyl (C=O) groups is 1. The fraction of sp³-hybridized carbons (Fsp3) is 0.875. The van der Waals surface area contributed by atoms with Crippen molar-refractivity contribution in [2.45, 2.75) is 24.4 Å². The van der Waals surface area contributed by atoms with Gasteiger partial charge in [0.1, 0.15) is 0 Å². The maximum atomic E-state index is 11.8. The first kappa shape index (κ1) is 15.9. The molecule has 0 bridgehead atoms. The van der Waals surface area contributed by atoms with E-state index in [-0.39, 0.29) is 30.2 Å². The van der Waals surface area contributed by atoms with Gasteiger partial charge >= 0.3 is 5.51 Å². The lowest BCUT2D eigenvalue weighted by atomic mass is 10.1. The molecule has 3 nitrogen and oxygen atoms in total. The van der Waals surface area contributed by atoms with E-state index in [2.05, 4.69) is 10.6 Å². The summed E-state index contributed by atoms with van der Waals surface area (Å²) >= 11 is -0.302. The predicted molar refractivity (Wildman–Crippen MR) is 59.8 cm³/mol. The number of alkyl halides is 3. The van der Waals surface area contributed by atoms with Crippen molar-refractivity contribution in [3.63, 3.8) is 0 Å². The average Bonchev–Trinajstić information content (AvgIpc) is 2.15. The molecule has 0 aromatic heterocycles. The van der Waals surface area contributed by atoms with Gasteiger partial charge in [0.25, 0.3) is 0 Å². The van der Waals surface area contributed by atoms with Crippen LogP contribution in [-0.2, 0) is 4.79 Å². The zero-order valence-electron chi connectivity index (χ0n) is 8.47. The lowest BCUT2D eigenvalue weighted by Crippen LogP contribution is -2.46. The van der Waals surface area contributed by atoms with Crippen molar-refractivity contribution >= 4 is 30.1 Å². The summed E-state index contributed by atoms with van der Waals surface area (Å²) in [4.78, 5) is 11.1. The van der Waals surface area contributed by atoms with Gasteiger partial charge in [0.15, 0.2) is 0 Å². The van der Waals surface area contributed by atoms with E-state index < -0.39 is 17.2 Å². The lowest BCUT2D eigenvalue weighted by molar-refractivity contribution is -0.119. The van der Waals surface area contributed by atoms with Crippen LogP contribution in [0.2, 0.25) is 0 Å².